The molecule has 0 aliphatic carbocycles. The number of ketones is 1. The highest BCUT2D eigenvalue weighted by atomic mass is 16.5. The van der Waals surface area contributed by atoms with Crippen LogP contribution in [0.3, 0.4) is 0 Å². The van der Waals surface area contributed by atoms with E-state index in [4.69, 9.17) is 4.74 Å². The fourth-order valence-corrected chi connectivity index (χ4v) is 0.761. The molecule has 0 fully saturated rings. The first-order valence-corrected chi connectivity index (χ1v) is 3.96. The Balaban J connectivity index is 2.85. The first-order valence-electron chi connectivity index (χ1n) is 3.96. The van der Waals surface area contributed by atoms with Gasteiger partial charge in [-0.05, 0) is 26.3 Å². The van der Waals surface area contributed by atoms with Crippen LogP contribution in [0.15, 0.2) is 0 Å². The van der Waals surface area contributed by atoms with E-state index in [2.05, 4.69) is 5.32 Å². The van der Waals surface area contributed by atoms with Crippen LogP contribution in [-0.4, -0.2) is 32.6 Å². The van der Waals surface area contributed by atoms with E-state index in [0.29, 0.717) is 6.54 Å². The summed E-state index contributed by atoms with van der Waals surface area (Å²) in [5.74, 6) is 0.191. The third-order valence-electron chi connectivity index (χ3n) is 1.33. The van der Waals surface area contributed by atoms with Crippen LogP contribution in [0.1, 0.15) is 19.8 Å². The lowest BCUT2D eigenvalue weighted by atomic mass is 10.3. The van der Waals surface area contributed by atoms with E-state index in [0.717, 1.165) is 26.0 Å². The summed E-state index contributed by atoms with van der Waals surface area (Å²) in [5.41, 5.74) is 0. The third-order valence-corrected chi connectivity index (χ3v) is 1.33. The highest BCUT2D eigenvalue weighted by Crippen LogP contribution is 1.85. The minimum atomic E-state index is 0.191. The third kappa shape index (κ3) is 9.59. The Labute approximate surface area is 68.1 Å². The Morgan fingerprint density at radius 1 is 1.45 bits per heavy atom. The maximum atomic E-state index is 10.4. The number of Topliss-reactive ketones (excluding diaryl/α,β-unsaturated/α-hetero) is 1. The number of hydrogen-bond acceptors (Lipinski definition) is 3. The zero-order valence-corrected chi connectivity index (χ0v) is 7.35. The van der Waals surface area contributed by atoms with Gasteiger partial charge in [-0.3, -0.25) is 4.79 Å². The molecule has 3 nitrogen and oxygen atoms in total. The van der Waals surface area contributed by atoms with Crippen molar-refractivity contribution < 1.29 is 9.53 Å². The lowest BCUT2D eigenvalue weighted by molar-refractivity contribution is -0.116. The van der Waals surface area contributed by atoms with Crippen LogP contribution >= 0.6 is 0 Å². The molecule has 1 N–H and O–H groups in total. The van der Waals surface area contributed by atoms with Gasteiger partial charge in [0.1, 0.15) is 5.78 Å². The van der Waals surface area contributed by atoms with Crippen molar-refractivity contribution >= 4 is 5.78 Å². The van der Waals surface area contributed by atoms with Crippen molar-refractivity contribution in [2.24, 2.45) is 0 Å². The zero-order valence-electron chi connectivity index (χ0n) is 7.35. The van der Waals surface area contributed by atoms with Crippen LogP contribution in [0, 0.1) is 0 Å². The van der Waals surface area contributed by atoms with Crippen LogP contribution in [0.4, 0.5) is 0 Å². The predicted molar refractivity (Wildman–Crippen MR) is 44.7 cm³/mol. The molecule has 0 saturated carbocycles. The first-order chi connectivity index (χ1) is 5.27. The number of unbranched alkanes of at least 4 members (excludes halogenated alkanes) is 1. The highest BCUT2D eigenvalue weighted by molar-refractivity contribution is 5.77. The minimum Gasteiger partial charge on any atom is -0.385 e. The molecule has 0 rings (SSSR count). The summed E-state index contributed by atoms with van der Waals surface area (Å²) in [4.78, 5) is 10.4. The molecular formula is C8H17NO2. The van der Waals surface area contributed by atoms with Crippen molar-refractivity contribution in [1.82, 2.24) is 5.32 Å². The van der Waals surface area contributed by atoms with Crippen LogP contribution < -0.4 is 5.32 Å². The number of carbonyl (C=O) groups excluding carboxylic acids is 1. The van der Waals surface area contributed by atoms with Gasteiger partial charge in [0, 0.05) is 13.7 Å². The number of rotatable bonds is 7. The lowest BCUT2D eigenvalue weighted by Gasteiger charge is -2.00. The Morgan fingerprint density at radius 2 is 2.18 bits per heavy atom. The van der Waals surface area contributed by atoms with Gasteiger partial charge in [0.05, 0.1) is 6.54 Å². The second-order valence-electron chi connectivity index (χ2n) is 2.58. The smallest absolute Gasteiger partial charge is 0.143 e. The number of nitrogens with one attached hydrogen (secondary N) is 1. The van der Waals surface area contributed by atoms with Crippen molar-refractivity contribution in [2.45, 2.75) is 19.8 Å². The first kappa shape index (κ1) is 10.6. The number of methoxy groups -OCH3 is 1. The molecule has 66 valence electrons. The topological polar surface area (TPSA) is 38.3 Å². The average Bonchev–Trinajstić information content (AvgIpc) is 1.96. The Hall–Kier alpha value is -0.410. The van der Waals surface area contributed by atoms with Crippen molar-refractivity contribution in [3.05, 3.63) is 0 Å². The maximum Gasteiger partial charge on any atom is 0.143 e. The van der Waals surface area contributed by atoms with Crippen molar-refractivity contribution in [2.75, 3.05) is 26.8 Å². The molecule has 0 amide bonds. The highest BCUT2D eigenvalue weighted by Gasteiger charge is 1.91. The normalized spacial score (nSPS) is 10.0. The summed E-state index contributed by atoms with van der Waals surface area (Å²) in [6.45, 7) is 3.79. The molecular weight excluding hydrogens is 142 g/mol. The molecule has 0 saturated heterocycles. The van der Waals surface area contributed by atoms with Gasteiger partial charge in [0.15, 0.2) is 0 Å². The van der Waals surface area contributed by atoms with E-state index >= 15 is 0 Å². The van der Waals surface area contributed by atoms with Gasteiger partial charge in [-0.2, -0.15) is 0 Å². The molecule has 0 radical (unpaired) electrons. The van der Waals surface area contributed by atoms with Crippen molar-refractivity contribution in [3.8, 4) is 0 Å². The molecule has 0 aromatic rings. The fraction of sp³-hybridized carbons (Fsp3) is 0.875. The molecule has 0 heterocycles. The van der Waals surface area contributed by atoms with Gasteiger partial charge in [-0.1, -0.05) is 0 Å². The van der Waals surface area contributed by atoms with Crippen molar-refractivity contribution in [1.29, 1.82) is 0 Å². The van der Waals surface area contributed by atoms with Crippen LogP contribution in [0.25, 0.3) is 0 Å². The number of ether oxygens (including phenoxy) is 1. The molecule has 0 aromatic carbocycles. The largest absolute Gasteiger partial charge is 0.385 e. The summed E-state index contributed by atoms with van der Waals surface area (Å²) in [6.07, 6.45) is 2.13. The van der Waals surface area contributed by atoms with Gasteiger partial charge in [-0.25, -0.2) is 0 Å². The van der Waals surface area contributed by atoms with E-state index < -0.39 is 0 Å². The molecule has 0 aliphatic rings. The summed E-state index contributed by atoms with van der Waals surface area (Å²) < 4.78 is 4.87. The fourth-order valence-electron chi connectivity index (χ4n) is 0.761. The van der Waals surface area contributed by atoms with Crippen LogP contribution in [0.2, 0.25) is 0 Å². The summed E-state index contributed by atoms with van der Waals surface area (Å²) >= 11 is 0. The van der Waals surface area contributed by atoms with E-state index in [1.807, 2.05) is 0 Å². The molecule has 0 unspecified atom stereocenters. The number of carbonyl (C=O) groups is 1. The Kier molecular flexibility index (Phi) is 7.41. The zero-order chi connectivity index (χ0) is 8.53. The summed E-state index contributed by atoms with van der Waals surface area (Å²) in [7, 11) is 1.70. The molecule has 0 atom stereocenters. The van der Waals surface area contributed by atoms with E-state index in [9.17, 15) is 4.79 Å². The van der Waals surface area contributed by atoms with E-state index in [1.54, 1.807) is 14.0 Å². The van der Waals surface area contributed by atoms with Crippen LogP contribution in [-0.2, 0) is 9.53 Å². The molecule has 3 heteroatoms. The maximum absolute atomic E-state index is 10.4. The van der Waals surface area contributed by atoms with Gasteiger partial charge < -0.3 is 10.1 Å². The van der Waals surface area contributed by atoms with Gasteiger partial charge in [0.25, 0.3) is 0 Å². The van der Waals surface area contributed by atoms with E-state index in [-0.39, 0.29) is 5.78 Å². The second-order valence-corrected chi connectivity index (χ2v) is 2.58. The lowest BCUT2D eigenvalue weighted by Crippen LogP contribution is -2.22. The minimum absolute atomic E-state index is 0.191. The quantitative estimate of drug-likeness (QED) is 0.552. The molecule has 11 heavy (non-hydrogen) atoms. The van der Waals surface area contributed by atoms with Gasteiger partial charge >= 0.3 is 0 Å². The standard InChI is InChI=1S/C8H17NO2/c1-8(10)7-9-5-3-4-6-11-2/h9H,3-7H2,1-2H3. The summed E-state index contributed by atoms with van der Waals surface area (Å²) in [5, 5.41) is 3.04. The van der Waals surface area contributed by atoms with Gasteiger partial charge in [0.2, 0.25) is 0 Å². The molecule has 0 aliphatic heterocycles. The monoisotopic (exact) mass is 159 g/mol. The SMILES string of the molecule is COCCCCNCC(C)=O. The Bertz CT molecular complexity index is 104. The molecule has 0 bridgehead atoms. The summed E-state index contributed by atoms with van der Waals surface area (Å²) in [6, 6.07) is 0. The molecule has 0 spiro atoms. The van der Waals surface area contributed by atoms with E-state index in [1.165, 1.54) is 0 Å². The van der Waals surface area contributed by atoms with Crippen LogP contribution in [0.5, 0.6) is 0 Å². The second kappa shape index (κ2) is 7.69. The molecule has 0 aromatic heterocycles. The predicted octanol–water partition coefficient (Wildman–Crippen LogP) is 0.592. The average molecular weight is 159 g/mol. The number of hydrogen-bond donors (Lipinski definition) is 1. The van der Waals surface area contributed by atoms with Crippen molar-refractivity contribution in [3.63, 3.8) is 0 Å². The Morgan fingerprint density at radius 3 is 2.73 bits per heavy atom. The van der Waals surface area contributed by atoms with Gasteiger partial charge in [-0.15, -0.1) is 0 Å².